The number of aliphatic imine (C=N–C) groups is 2. The van der Waals surface area contributed by atoms with Crippen molar-refractivity contribution in [3.05, 3.63) is 0 Å². The summed E-state index contributed by atoms with van der Waals surface area (Å²) in [5, 5.41) is 1.21. The van der Waals surface area contributed by atoms with Crippen molar-refractivity contribution in [2.24, 2.45) is 15.7 Å². The summed E-state index contributed by atoms with van der Waals surface area (Å²) in [6, 6.07) is 0. The standard InChI is InChI=1S/C6H8Cl2N4O/c1-3(13)2-6(8)11-4(7)10-5(9)12-6/h2H2,1H3,(H3,9,10,11,12). The van der Waals surface area contributed by atoms with E-state index in [1.165, 1.54) is 6.92 Å². The number of Topliss-reactive ketones (excluding diaryl/α,β-unsaturated/α-hetero) is 1. The highest BCUT2D eigenvalue weighted by Crippen LogP contribution is 2.21. The summed E-state index contributed by atoms with van der Waals surface area (Å²) in [5.41, 5.74) is 5.35. The number of halogens is 2. The summed E-state index contributed by atoms with van der Waals surface area (Å²) in [6.07, 6.45) is 0.000988. The number of amidine groups is 1. The summed E-state index contributed by atoms with van der Waals surface area (Å²) in [4.78, 5) is 18.2. The molecule has 1 atom stereocenters. The van der Waals surface area contributed by atoms with Gasteiger partial charge in [0.2, 0.25) is 10.4 Å². The minimum absolute atomic E-state index is 0.000988. The zero-order chi connectivity index (χ0) is 10.1. The maximum atomic E-state index is 10.8. The van der Waals surface area contributed by atoms with E-state index in [9.17, 15) is 4.79 Å². The van der Waals surface area contributed by atoms with Crippen LogP contribution in [0.25, 0.3) is 0 Å². The minimum Gasteiger partial charge on any atom is -0.370 e. The van der Waals surface area contributed by atoms with Crippen molar-refractivity contribution in [1.29, 1.82) is 0 Å². The first kappa shape index (κ1) is 10.3. The molecule has 0 aromatic carbocycles. The Bertz CT molecular complexity index is 297. The third-order valence-electron chi connectivity index (χ3n) is 1.28. The first-order valence-electron chi connectivity index (χ1n) is 3.47. The zero-order valence-electron chi connectivity index (χ0n) is 6.84. The largest absolute Gasteiger partial charge is 0.370 e. The molecular formula is C6H8Cl2N4O. The van der Waals surface area contributed by atoms with Gasteiger partial charge < -0.3 is 11.1 Å². The van der Waals surface area contributed by atoms with E-state index in [0.29, 0.717) is 0 Å². The van der Waals surface area contributed by atoms with Gasteiger partial charge >= 0.3 is 0 Å². The fourth-order valence-corrected chi connectivity index (χ4v) is 1.58. The Morgan fingerprint density at radius 2 is 2.38 bits per heavy atom. The molecule has 1 aliphatic rings. The van der Waals surface area contributed by atoms with Crippen molar-refractivity contribution in [1.82, 2.24) is 5.32 Å². The van der Waals surface area contributed by atoms with Crippen LogP contribution < -0.4 is 11.1 Å². The summed E-state index contributed by atoms with van der Waals surface area (Å²) >= 11 is 11.4. The summed E-state index contributed by atoms with van der Waals surface area (Å²) in [7, 11) is 0. The van der Waals surface area contributed by atoms with Crippen LogP contribution in [0.5, 0.6) is 0 Å². The third-order valence-corrected chi connectivity index (χ3v) is 1.77. The first-order chi connectivity index (χ1) is 5.91. The molecule has 7 heteroatoms. The second-order valence-electron chi connectivity index (χ2n) is 2.64. The van der Waals surface area contributed by atoms with E-state index in [-0.39, 0.29) is 23.5 Å². The number of alkyl halides is 1. The lowest BCUT2D eigenvalue weighted by Crippen LogP contribution is -2.50. The second kappa shape index (κ2) is 3.51. The van der Waals surface area contributed by atoms with E-state index in [0.717, 1.165) is 0 Å². The highest BCUT2D eigenvalue weighted by atomic mass is 35.5. The molecule has 0 radical (unpaired) electrons. The van der Waals surface area contributed by atoms with E-state index in [1.807, 2.05) is 0 Å². The molecule has 5 nitrogen and oxygen atoms in total. The molecule has 1 heterocycles. The van der Waals surface area contributed by atoms with Crippen LogP contribution in [-0.2, 0) is 4.79 Å². The van der Waals surface area contributed by atoms with Crippen LogP contribution in [0.15, 0.2) is 9.98 Å². The number of carbonyl (C=O) groups is 1. The number of hydrogen-bond acceptors (Lipinski definition) is 5. The van der Waals surface area contributed by atoms with Crippen LogP contribution in [-0.4, -0.2) is 22.2 Å². The average Bonchev–Trinajstić information content (AvgIpc) is 1.77. The lowest BCUT2D eigenvalue weighted by Gasteiger charge is -2.25. The fraction of sp³-hybridized carbons (Fsp3) is 0.500. The Morgan fingerprint density at radius 1 is 1.77 bits per heavy atom. The highest BCUT2D eigenvalue weighted by molar-refractivity contribution is 6.66. The Labute approximate surface area is 85.0 Å². The molecule has 72 valence electrons. The van der Waals surface area contributed by atoms with Gasteiger partial charge in [-0.1, -0.05) is 11.6 Å². The Kier molecular flexibility index (Phi) is 2.77. The lowest BCUT2D eigenvalue weighted by atomic mass is 10.2. The van der Waals surface area contributed by atoms with Gasteiger partial charge in [0.1, 0.15) is 5.78 Å². The molecule has 0 aromatic rings. The molecule has 13 heavy (non-hydrogen) atoms. The minimum atomic E-state index is -1.28. The molecule has 0 saturated heterocycles. The Morgan fingerprint density at radius 3 is 2.85 bits per heavy atom. The van der Waals surface area contributed by atoms with Crippen molar-refractivity contribution >= 4 is 40.2 Å². The first-order valence-corrected chi connectivity index (χ1v) is 4.23. The van der Waals surface area contributed by atoms with Crippen molar-refractivity contribution in [3.8, 4) is 0 Å². The maximum Gasteiger partial charge on any atom is 0.224 e. The predicted octanol–water partition coefficient (Wildman–Crippen LogP) is 0.371. The smallest absolute Gasteiger partial charge is 0.224 e. The van der Waals surface area contributed by atoms with Crippen LogP contribution in [0.4, 0.5) is 0 Å². The van der Waals surface area contributed by atoms with Crippen molar-refractivity contribution in [2.75, 3.05) is 0 Å². The van der Waals surface area contributed by atoms with Crippen LogP contribution in [0.3, 0.4) is 0 Å². The monoisotopic (exact) mass is 222 g/mol. The topological polar surface area (TPSA) is 79.8 Å². The molecule has 1 rings (SSSR count). The fourth-order valence-electron chi connectivity index (χ4n) is 0.936. The van der Waals surface area contributed by atoms with E-state index in [4.69, 9.17) is 28.9 Å². The molecule has 0 aliphatic carbocycles. The number of guanidine groups is 1. The van der Waals surface area contributed by atoms with Crippen molar-refractivity contribution in [3.63, 3.8) is 0 Å². The van der Waals surface area contributed by atoms with E-state index in [1.54, 1.807) is 0 Å². The van der Waals surface area contributed by atoms with Gasteiger partial charge in [-0.05, 0) is 18.5 Å². The molecule has 0 bridgehead atoms. The normalized spacial score (nSPS) is 27.3. The molecule has 0 aromatic heterocycles. The molecule has 0 fully saturated rings. The van der Waals surface area contributed by atoms with Gasteiger partial charge in [-0.25, -0.2) is 4.99 Å². The molecule has 1 aliphatic heterocycles. The lowest BCUT2D eigenvalue weighted by molar-refractivity contribution is -0.117. The number of nitrogens with one attached hydrogen (secondary N) is 1. The Hall–Kier alpha value is -0.810. The van der Waals surface area contributed by atoms with Gasteiger partial charge in [0.05, 0.1) is 6.42 Å². The van der Waals surface area contributed by atoms with Crippen LogP contribution in [0.1, 0.15) is 13.3 Å². The second-order valence-corrected chi connectivity index (χ2v) is 3.60. The SMILES string of the molecule is CC(=O)CC1(Cl)N=C(Cl)N=C(N)N1. The quantitative estimate of drug-likeness (QED) is 0.524. The van der Waals surface area contributed by atoms with Crippen molar-refractivity contribution in [2.45, 2.75) is 18.5 Å². The van der Waals surface area contributed by atoms with Gasteiger partial charge in [0, 0.05) is 0 Å². The van der Waals surface area contributed by atoms with Crippen LogP contribution >= 0.6 is 23.2 Å². The van der Waals surface area contributed by atoms with E-state index < -0.39 is 5.12 Å². The molecule has 3 N–H and O–H groups in total. The van der Waals surface area contributed by atoms with Gasteiger partial charge in [-0.2, -0.15) is 4.99 Å². The summed E-state index contributed by atoms with van der Waals surface area (Å²) < 4.78 is 0. The number of carbonyl (C=O) groups excluding carboxylic acids is 1. The molecule has 1 unspecified atom stereocenters. The molecule has 0 spiro atoms. The number of hydrogen-bond donors (Lipinski definition) is 2. The third kappa shape index (κ3) is 2.86. The summed E-state index contributed by atoms with van der Waals surface area (Å²) in [6.45, 7) is 1.40. The number of nitrogens with two attached hydrogens (primary N) is 1. The number of ketones is 1. The van der Waals surface area contributed by atoms with Gasteiger partial charge in [0.25, 0.3) is 0 Å². The highest BCUT2D eigenvalue weighted by Gasteiger charge is 2.31. The van der Waals surface area contributed by atoms with Crippen LogP contribution in [0, 0.1) is 0 Å². The van der Waals surface area contributed by atoms with Crippen LogP contribution in [0.2, 0.25) is 0 Å². The van der Waals surface area contributed by atoms with Gasteiger partial charge in [-0.3, -0.25) is 4.79 Å². The molecule has 0 amide bonds. The maximum absolute atomic E-state index is 10.8. The zero-order valence-corrected chi connectivity index (χ0v) is 8.35. The van der Waals surface area contributed by atoms with Gasteiger partial charge in [-0.15, -0.1) is 0 Å². The molecule has 0 saturated carbocycles. The average molecular weight is 223 g/mol. The van der Waals surface area contributed by atoms with E-state index in [2.05, 4.69) is 15.3 Å². The Balaban J connectivity index is 2.83. The number of rotatable bonds is 2. The predicted molar refractivity (Wildman–Crippen MR) is 51.9 cm³/mol. The molecular weight excluding hydrogens is 215 g/mol. The van der Waals surface area contributed by atoms with Gasteiger partial charge in [0.15, 0.2) is 5.96 Å². The summed E-state index contributed by atoms with van der Waals surface area (Å²) in [5.74, 6) is -0.0679. The van der Waals surface area contributed by atoms with E-state index >= 15 is 0 Å². The van der Waals surface area contributed by atoms with Crippen molar-refractivity contribution < 1.29 is 4.79 Å². The number of nitrogens with zero attached hydrogens (tertiary/aromatic N) is 2.